The van der Waals surface area contributed by atoms with Crippen LogP contribution in [0.2, 0.25) is 5.02 Å². The quantitative estimate of drug-likeness (QED) is 0.295. The fourth-order valence-corrected chi connectivity index (χ4v) is 5.83. The zero-order valence-corrected chi connectivity index (χ0v) is 23.3. The third-order valence-corrected chi connectivity index (χ3v) is 7.73. The number of nitriles is 1. The molecule has 1 aliphatic heterocycles. The van der Waals surface area contributed by atoms with E-state index in [1.807, 2.05) is 48.5 Å². The van der Waals surface area contributed by atoms with Gasteiger partial charge in [-0.3, -0.25) is 9.36 Å². The minimum atomic E-state index is -0.777. The van der Waals surface area contributed by atoms with Crippen molar-refractivity contribution in [3.8, 4) is 11.8 Å². The van der Waals surface area contributed by atoms with Crippen molar-refractivity contribution >= 4 is 35.0 Å². The van der Waals surface area contributed by atoms with E-state index in [9.17, 15) is 14.9 Å². The summed E-state index contributed by atoms with van der Waals surface area (Å²) in [5.41, 5.74) is 3.18. The Balaban J connectivity index is 1.55. The topological polar surface area (TPSA) is 93.7 Å². The van der Waals surface area contributed by atoms with Gasteiger partial charge in [0.2, 0.25) is 0 Å². The van der Waals surface area contributed by atoms with E-state index in [1.165, 1.54) is 15.9 Å². The van der Waals surface area contributed by atoms with Crippen molar-refractivity contribution in [2.24, 2.45) is 4.99 Å². The SMILES string of the molecule is CCOC(=O)C1=C(C)N=c2s/c(=C\c3cccc(OCc4ccccc4C#N)c3)c(=O)n2[C@@H]1c1ccccc1Cl. The minimum absolute atomic E-state index is 0.190. The Morgan fingerprint density at radius 3 is 2.70 bits per heavy atom. The molecule has 7 nitrogen and oxygen atoms in total. The molecule has 0 aliphatic carbocycles. The van der Waals surface area contributed by atoms with Gasteiger partial charge in [0.1, 0.15) is 18.4 Å². The van der Waals surface area contributed by atoms with E-state index in [0.717, 1.165) is 11.1 Å². The van der Waals surface area contributed by atoms with Gasteiger partial charge in [-0.05, 0) is 55.3 Å². The van der Waals surface area contributed by atoms with Crippen LogP contribution >= 0.6 is 22.9 Å². The van der Waals surface area contributed by atoms with Crippen molar-refractivity contribution in [3.63, 3.8) is 0 Å². The van der Waals surface area contributed by atoms with Crippen molar-refractivity contribution in [3.05, 3.63) is 131 Å². The fourth-order valence-electron chi connectivity index (χ4n) is 4.54. The number of hydrogen-bond acceptors (Lipinski definition) is 7. The van der Waals surface area contributed by atoms with Gasteiger partial charge in [0.25, 0.3) is 5.56 Å². The Morgan fingerprint density at radius 2 is 1.93 bits per heavy atom. The summed E-state index contributed by atoms with van der Waals surface area (Å²) in [5.74, 6) is 0.0643. The molecular weight excluding hydrogens is 546 g/mol. The van der Waals surface area contributed by atoms with E-state index in [4.69, 9.17) is 21.1 Å². The van der Waals surface area contributed by atoms with Gasteiger partial charge in [-0.25, -0.2) is 9.79 Å². The summed E-state index contributed by atoms with van der Waals surface area (Å²) < 4.78 is 13.2. The van der Waals surface area contributed by atoms with E-state index in [2.05, 4.69) is 11.1 Å². The number of allylic oxidation sites excluding steroid dienone is 1. The smallest absolute Gasteiger partial charge is 0.338 e. The van der Waals surface area contributed by atoms with Crippen LogP contribution < -0.4 is 19.6 Å². The van der Waals surface area contributed by atoms with Gasteiger partial charge in [0.15, 0.2) is 4.80 Å². The highest BCUT2D eigenvalue weighted by molar-refractivity contribution is 7.07. The van der Waals surface area contributed by atoms with Gasteiger partial charge in [-0.15, -0.1) is 0 Å². The number of thiazole rings is 1. The van der Waals surface area contributed by atoms with Crippen molar-refractivity contribution in [1.82, 2.24) is 4.57 Å². The third kappa shape index (κ3) is 5.34. The number of esters is 1. The first-order chi connectivity index (χ1) is 19.4. The molecule has 2 heterocycles. The van der Waals surface area contributed by atoms with Crippen LogP contribution in [0.25, 0.3) is 6.08 Å². The van der Waals surface area contributed by atoms with Gasteiger partial charge in [0.05, 0.1) is 34.0 Å². The number of ether oxygens (including phenoxy) is 2. The van der Waals surface area contributed by atoms with E-state index in [1.54, 1.807) is 44.2 Å². The fraction of sp³-hybridized carbons (Fsp3) is 0.161. The summed E-state index contributed by atoms with van der Waals surface area (Å²) in [4.78, 5) is 31.9. The molecule has 1 aromatic heterocycles. The standard InChI is InChI=1S/C31H24ClN3O4S/c1-3-38-30(37)27-19(2)34-31-35(28(27)24-13-6-7-14-25(24)32)29(36)26(40-31)16-20-9-8-12-23(15-20)39-18-22-11-5-4-10-21(22)17-33/h4-16,28H,3,18H2,1-2H3/b26-16-/t28-/m1/s1. The number of benzene rings is 3. The lowest BCUT2D eigenvalue weighted by Crippen LogP contribution is -2.40. The number of carbonyl (C=O) groups is 1. The van der Waals surface area contributed by atoms with E-state index >= 15 is 0 Å². The second-order valence-electron chi connectivity index (χ2n) is 8.95. The first kappa shape index (κ1) is 27.1. The van der Waals surface area contributed by atoms with E-state index in [0.29, 0.717) is 36.9 Å². The number of aromatic nitrogens is 1. The molecule has 0 fully saturated rings. The Labute approximate surface area is 239 Å². The average molecular weight is 570 g/mol. The molecule has 0 amide bonds. The Kier molecular flexibility index (Phi) is 7.96. The molecule has 0 radical (unpaired) electrons. The largest absolute Gasteiger partial charge is 0.489 e. The lowest BCUT2D eigenvalue weighted by molar-refractivity contribution is -0.139. The Morgan fingerprint density at radius 1 is 1.15 bits per heavy atom. The molecule has 0 spiro atoms. The molecule has 4 aromatic rings. The van der Waals surface area contributed by atoms with Crippen LogP contribution in [0.15, 0.2) is 93.9 Å². The second-order valence-corrected chi connectivity index (χ2v) is 10.4. The van der Waals surface area contributed by atoms with Crippen LogP contribution in [-0.2, 0) is 16.1 Å². The summed E-state index contributed by atoms with van der Waals surface area (Å²) >= 11 is 7.80. The molecule has 5 rings (SSSR count). The zero-order chi connectivity index (χ0) is 28.2. The highest BCUT2D eigenvalue weighted by Gasteiger charge is 2.34. The molecule has 3 aromatic carbocycles. The minimum Gasteiger partial charge on any atom is -0.489 e. The maximum absolute atomic E-state index is 13.8. The highest BCUT2D eigenvalue weighted by atomic mass is 35.5. The van der Waals surface area contributed by atoms with Gasteiger partial charge in [-0.2, -0.15) is 5.26 Å². The number of carbonyl (C=O) groups excluding carboxylic acids is 1. The number of hydrogen-bond donors (Lipinski definition) is 0. The molecule has 0 N–H and O–H groups in total. The van der Waals surface area contributed by atoms with Crippen molar-refractivity contribution in [2.45, 2.75) is 26.5 Å². The molecule has 0 unspecified atom stereocenters. The van der Waals surface area contributed by atoms with Crippen molar-refractivity contribution in [2.75, 3.05) is 6.61 Å². The lowest BCUT2D eigenvalue weighted by Gasteiger charge is -2.25. The Bertz CT molecular complexity index is 1870. The molecule has 1 atom stereocenters. The molecule has 1 aliphatic rings. The summed E-state index contributed by atoms with van der Waals surface area (Å²) in [6.07, 6.45) is 1.77. The summed E-state index contributed by atoms with van der Waals surface area (Å²) in [6.45, 7) is 3.89. The summed E-state index contributed by atoms with van der Waals surface area (Å²) in [6, 6.07) is 23.2. The monoisotopic (exact) mass is 569 g/mol. The molecule has 0 saturated carbocycles. The zero-order valence-electron chi connectivity index (χ0n) is 21.8. The van der Waals surface area contributed by atoms with Gasteiger partial charge in [-0.1, -0.05) is 71.5 Å². The van der Waals surface area contributed by atoms with Crippen LogP contribution in [0.1, 0.15) is 42.1 Å². The average Bonchev–Trinajstić information content (AvgIpc) is 3.25. The second kappa shape index (κ2) is 11.7. The third-order valence-electron chi connectivity index (χ3n) is 6.40. The normalized spacial score (nSPS) is 14.8. The van der Waals surface area contributed by atoms with Crippen LogP contribution in [0.4, 0.5) is 0 Å². The molecule has 9 heteroatoms. The predicted molar refractivity (Wildman–Crippen MR) is 154 cm³/mol. The van der Waals surface area contributed by atoms with E-state index < -0.39 is 12.0 Å². The maximum Gasteiger partial charge on any atom is 0.338 e. The van der Waals surface area contributed by atoms with Crippen LogP contribution in [-0.4, -0.2) is 17.1 Å². The van der Waals surface area contributed by atoms with Crippen molar-refractivity contribution in [1.29, 1.82) is 5.26 Å². The molecule has 0 saturated heterocycles. The highest BCUT2D eigenvalue weighted by Crippen LogP contribution is 2.34. The first-order valence-electron chi connectivity index (χ1n) is 12.6. The Hall–Kier alpha value is -4.45. The van der Waals surface area contributed by atoms with Crippen molar-refractivity contribution < 1.29 is 14.3 Å². The summed E-state index contributed by atoms with van der Waals surface area (Å²) in [7, 11) is 0. The lowest BCUT2D eigenvalue weighted by atomic mass is 9.96. The van der Waals surface area contributed by atoms with Gasteiger partial charge < -0.3 is 9.47 Å². The van der Waals surface area contributed by atoms with Gasteiger partial charge in [0, 0.05) is 10.6 Å². The number of halogens is 1. The first-order valence-corrected chi connectivity index (χ1v) is 13.8. The number of rotatable bonds is 7. The number of fused-ring (bicyclic) bond motifs is 1. The predicted octanol–water partition coefficient (Wildman–Crippen LogP) is 4.90. The molecule has 200 valence electrons. The van der Waals surface area contributed by atoms with Gasteiger partial charge >= 0.3 is 5.97 Å². The maximum atomic E-state index is 13.8. The number of nitrogens with zero attached hydrogens (tertiary/aromatic N) is 3. The molecule has 40 heavy (non-hydrogen) atoms. The summed E-state index contributed by atoms with van der Waals surface area (Å²) in [5, 5.41) is 9.76. The van der Waals surface area contributed by atoms with E-state index in [-0.39, 0.29) is 24.3 Å². The van der Waals surface area contributed by atoms with Crippen LogP contribution in [0.5, 0.6) is 5.75 Å². The molecule has 0 bridgehead atoms. The van der Waals surface area contributed by atoms with Crippen LogP contribution in [0.3, 0.4) is 0 Å². The van der Waals surface area contributed by atoms with Crippen LogP contribution in [0, 0.1) is 11.3 Å². The molecular formula is C31H24ClN3O4S.